The first kappa shape index (κ1) is 15.3. The molecule has 2 rings (SSSR count). The van der Waals surface area contributed by atoms with Crippen molar-refractivity contribution in [2.24, 2.45) is 11.7 Å². The number of ketones is 1. The zero-order chi connectivity index (χ0) is 13.1. The van der Waals surface area contributed by atoms with Gasteiger partial charge in [0.1, 0.15) is 0 Å². The molecule has 0 bridgehead atoms. The Hall–Kier alpha value is -1.72. The highest BCUT2D eigenvalue weighted by Gasteiger charge is 2.24. The fraction of sp³-hybridized carbons (Fsp3) is 0.308. The Morgan fingerprint density at radius 1 is 1.21 bits per heavy atom. The second-order valence-electron chi connectivity index (χ2n) is 4.41. The molecule has 1 aromatic carbocycles. The molecule has 0 amide bonds. The van der Waals surface area contributed by atoms with Crippen LogP contribution >= 0.6 is 12.4 Å². The summed E-state index contributed by atoms with van der Waals surface area (Å²) in [6.45, 7) is 3.74. The Morgan fingerprint density at radius 3 is 2.42 bits per heavy atom. The lowest BCUT2D eigenvalue weighted by Crippen LogP contribution is -2.35. The van der Waals surface area contributed by atoms with E-state index in [1.807, 2.05) is 44.2 Å². The topological polar surface area (TPSA) is 82.0 Å². The molecule has 0 saturated carbocycles. The van der Waals surface area contributed by atoms with Gasteiger partial charge < -0.3 is 10.2 Å². The van der Waals surface area contributed by atoms with Crippen LogP contribution in [0.4, 0.5) is 0 Å². The van der Waals surface area contributed by atoms with Crippen LogP contribution in [0.2, 0.25) is 0 Å². The molecule has 0 radical (unpaired) electrons. The Balaban J connectivity index is 0.00000180. The average molecular weight is 282 g/mol. The van der Waals surface area contributed by atoms with E-state index in [1.165, 1.54) is 0 Å². The number of nitrogens with zero attached hydrogens (tertiary/aromatic N) is 2. The van der Waals surface area contributed by atoms with Crippen molar-refractivity contribution < 1.29 is 9.21 Å². The van der Waals surface area contributed by atoms with E-state index < -0.39 is 6.04 Å². The number of nitrogens with two attached hydrogens (primary N) is 1. The Bertz CT molecular complexity index is 540. The van der Waals surface area contributed by atoms with Crippen molar-refractivity contribution in [3.05, 3.63) is 36.2 Å². The van der Waals surface area contributed by atoms with Crippen molar-refractivity contribution in [2.45, 2.75) is 19.9 Å². The zero-order valence-electron chi connectivity index (χ0n) is 10.7. The Morgan fingerprint density at radius 2 is 1.84 bits per heavy atom. The monoisotopic (exact) mass is 281 g/mol. The number of benzene rings is 1. The lowest BCUT2D eigenvalue weighted by molar-refractivity contribution is 0.0906. The van der Waals surface area contributed by atoms with E-state index in [4.69, 9.17) is 10.2 Å². The molecule has 0 aliphatic heterocycles. The van der Waals surface area contributed by atoms with E-state index in [0.717, 1.165) is 5.56 Å². The van der Waals surface area contributed by atoms with E-state index >= 15 is 0 Å². The maximum absolute atomic E-state index is 11.9. The van der Waals surface area contributed by atoms with Crippen molar-refractivity contribution in [3.63, 3.8) is 0 Å². The first-order valence-corrected chi connectivity index (χ1v) is 5.78. The minimum Gasteiger partial charge on any atom is -0.414 e. The smallest absolute Gasteiger partial charge is 0.285 e. The van der Waals surface area contributed by atoms with Crippen LogP contribution in [0.15, 0.2) is 34.7 Å². The molecule has 102 valence electrons. The number of aromatic nitrogens is 2. The Kier molecular flexibility index (Phi) is 5.20. The molecular weight excluding hydrogens is 266 g/mol. The van der Waals surface area contributed by atoms with Gasteiger partial charge in [-0.25, -0.2) is 0 Å². The Labute approximate surface area is 117 Å². The van der Waals surface area contributed by atoms with Crippen molar-refractivity contribution in [3.8, 4) is 11.5 Å². The third-order valence-electron chi connectivity index (χ3n) is 2.68. The van der Waals surface area contributed by atoms with Crippen molar-refractivity contribution in [1.29, 1.82) is 0 Å². The molecule has 1 atom stereocenters. The number of carbonyl (C=O) groups is 1. The number of carbonyl (C=O) groups excluding carboxylic acids is 1. The quantitative estimate of drug-likeness (QED) is 0.870. The second-order valence-corrected chi connectivity index (χ2v) is 4.41. The lowest BCUT2D eigenvalue weighted by Gasteiger charge is -2.10. The third-order valence-corrected chi connectivity index (χ3v) is 2.68. The summed E-state index contributed by atoms with van der Waals surface area (Å²) in [6.07, 6.45) is 0. The maximum Gasteiger partial charge on any atom is 0.285 e. The van der Waals surface area contributed by atoms with Gasteiger partial charge in [-0.05, 0) is 18.1 Å². The number of halogens is 1. The fourth-order valence-electron chi connectivity index (χ4n) is 1.47. The number of hydrogen-bond acceptors (Lipinski definition) is 5. The van der Waals surface area contributed by atoms with Gasteiger partial charge in [-0.1, -0.05) is 32.0 Å². The highest BCUT2D eigenvalue weighted by atomic mass is 35.5. The van der Waals surface area contributed by atoms with Gasteiger partial charge >= 0.3 is 0 Å². The van der Waals surface area contributed by atoms with Crippen LogP contribution < -0.4 is 5.73 Å². The SMILES string of the molecule is CC(C)[C@H](N)C(=O)c1nnc(-c2ccccc2)o1.Cl. The summed E-state index contributed by atoms with van der Waals surface area (Å²) in [6, 6.07) is 8.67. The van der Waals surface area contributed by atoms with Crippen LogP contribution in [0.5, 0.6) is 0 Å². The molecular formula is C13H16ClN3O2. The first-order valence-electron chi connectivity index (χ1n) is 5.78. The molecule has 0 unspecified atom stereocenters. The lowest BCUT2D eigenvalue weighted by atomic mass is 10.0. The third kappa shape index (κ3) is 3.39. The van der Waals surface area contributed by atoms with Gasteiger partial charge in [-0.3, -0.25) is 4.79 Å². The number of Topliss-reactive ketones (excluding diaryl/α,β-unsaturated/α-hetero) is 1. The molecule has 5 nitrogen and oxygen atoms in total. The summed E-state index contributed by atoms with van der Waals surface area (Å²) in [5.41, 5.74) is 6.54. The van der Waals surface area contributed by atoms with Crippen molar-refractivity contribution in [1.82, 2.24) is 10.2 Å². The molecule has 19 heavy (non-hydrogen) atoms. The van der Waals surface area contributed by atoms with Gasteiger partial charge in [0.05, 0.1) is 6.04 Å². The average Bonchev–Trinajstić information content (AvgIpc) is 2.87. The molecule has 0 aliphatic carbocycles. The highest BCUT2D eigenvalue weighted by Crippen LogP contribution is 2.18. The van der Waals surface area contributed by atoms with Crippen LogP contribution in [0.3, 0.4) is 0 Å². The van der Waals surface area contributed by atoms with Crippen molar-refractivity contribution in [2.75, 3.05) is 0 Å². The van der Waals surface area contributed by atoms with Gasteiger partial charge in [0, 0.05) is 5.56 Å². The minimum atomic E-state index is -0.617. The number of rotatable bonds is 4. The van der Waals surface area contributed by atoms with Crippen LogP contribution in [-0.4, -0.2) is 22.0 Å². The molecule has 0 spiro atoms. The molecule has 1 aromatic heterocycles. The van der Waals surface area contributed by atoms with E-state index in [0.29, 0.717) is 5.89 Å². The summed E-state index contributed by atoms with van der Waals surface area (Å²) in [5, 5.41) is 7.61. The first-order chi connectivity index (χ1) is 8.59. The van der Waals surface area contributed by atoms with E-state index in [2.05, 4.69) is 10.2 Å². The van der Waals surface area contributed by atoms with Crippen LogP contribution in [0.1, 0.15) is 24.5 Å². The second kappa shape index (κ2) is 6.45. The minimum absolute atomic E-state index is 0. The van der Waals surface area contributed by atoms with Gasteiger partial charge in [-0.15, -0.1) is 22.6 Å². The summed E-state index contributed by atoms with van der Waals surface area (Å²) >= 11 is 0. The van der Waals surface area contributed by atoms with Crippen LogP contribution in [-0.2, 0) is 0 Å². The van der Waals surface area contributed by atoms with E-state index in [9.17, 15) is 4.79 Å². The largest absolute Gasteiger partial charge is 0.414 e. The van der Waals surface area contributed by atoms with Crippen LogP contribution in [0, 0.1) is 5.92 Å². The standard InChI is InChI=1S/C13H15N3O2.ClH/c1-8(2)10(14)11(17)13-16-15-12(18-13)9-6-4-3-5-7-9;/h3-8,10H,14H2,1-2H3;1H/t10-;/m0./s1. The molecule has 0 aliphatic rings. The highest BCUT2D eigenvalue weighted by molar-refractivity contribution is 5.96. The summed E-state index contributed by atoms with van der Waals surface area (Å²) in [7, 11) is 0. The molecule has 1 heterocycles. The van der Waals surface area contributed by atoms with E-state index in [1.54, 1.807) is 0 Å². The molecule has 2 N–H and O–H groups in total. The van der Waals surface area contributed by atoms with Gasteiger partial charge in [0.2, 0.25) is 11.7 Å². The molecule has 2 aromatic rings. The van der Waals surface area contributed by atoms with Gasteiger partial charge in [0.15, 0.2) is 0 Å². The maximum atomic E-state index is 11.9. The number of hydrogen-bond donors (Lipinski definition) is 1. The van der Waals surface area contributed by atoms with Gasteiger partial charge in [-0.2, -0.15) is 0 Å². The van der Waals surface area contributed by atoms with Crippen molar-refractivity contribution >= 4 is 18.2 Å². The summed E-state index contributed by atoms with van der Waals surface area (Å²) in [5.74, 6) is 0.00853. The zero-order valence-corrected chi connectivity index (χ0v) is 11.6. The predicted molar refractivity (Wildman–Crippen MR) is 74.1 cm³/mol. The van der Waals surface area contributed by atoms with E-state index in [-0.39, 0.29) is 30.0 Å². The summed E-state index contributed by atoms with van der Waals surface area (Å²) < 4.78 is 5.35. The summed E-state index contributed by atoms with van der Waals surface area (Å²) in [4.78, 5) is 11.9. The fourth-order valence-corrected chi connectivity index (χ4v) is 1.47. The molecule has 0 fully saturated rings. The molecule has 6 heteroatoms. The normalized spacial score (nSPS) is 12.0. The predicted octanol–water partition coefficient (Wildman–Crippen LogP) is 2.32. The van der Waals surface area contributed by atoms with Gasteiger partial charge in [0.25, 0.3) is 5.89 Å². The van der Waals surface area contributed by atoms with Crippen LogP contribution in [0.25, 0.3) is 11.5 Å². The molecule has 0 saturated heterocycles.